The van der Waals surface area contributed by atoms with Gasteiger partial charge >= 0.3 is 0 Å². The number of hydrogen-bond donors (Lipinski definition) is 0. The summed E-state index contributed by atoms with van der Waals surface area (Å²) in [4.78, 5) is 2.26. The van der Waals surface area contributed by atoms with Gasteiger partial charge in [0.25, 0.3) is 0 Å². The fourth-order valence-electron chi connectivity index (χ4n) is 4.03. The summed E-state index contributed by atoms with van der Waals surface area (Å²) >= 11 is 0. The van der Waals surface area contributed by atoms with E-state index in [9.17, 15) is 0 Å². The molecule has 161 valence electrons. The highest BCUT2D eigenvalue weighted by Crippen LogP contribution is 2.18. The zero-order chi connectivity index (χ0) is 20.5. The molecule has 0 atom stereocenters. The molecule has 0 spiro atoms. The van der Waals surface area contributed by atoms with Crippen LogP contribution in [0.3, 0.4) is 0 Å². The van der Waals surface area contributed by atoms with Crippen molar-refractivity contribution in [3.63, 3.8) is 0 Å². The maximum Gasteiger partial charge on any atom is 0.0234 e. The van der Waals surface area contributed by atoms with Gasteiger partial charge in [0, 0.05) is 6.54 Å². The van der Waals surface area contributed by atoms with E-state index in [0.29, 0.717) is 0 Å². The van der Waals surface area contributed by atoms with Crippen LogP contribution in [0.4, 0.5) is 0 Å². The van der Waals surface area contributed by atoms with Gasteiger partial charge in [0.2, 0.25) is 0 Å². The third-order valence-electron chi connectivity index (χ3n) is 5.65. The molecule has 0 bridgehead atoms. The Morgan fingerprint density at radius 2 is 1.07 bits per heavy atom. The first-order valence-electron chi connectivity index (χ1n) is 12.3. The van der Waals surface area contributed by atoms with E-state index in [2.05, 4.69) is 51.0 Å². The number of benzene rings is 1. The third-order valence-corrected chi connectivity index (χ3v) is 5.65. The topological polar surface area (TPSA) is 3.24 Å². The molecule has 0 saturated heterocycles. The van der Waals surface area contributed by atoms with Crippen LogP contribution in [0.25, 0.3) is 0 Å². The largest absolute Gasteiger partial charge is 0.305 e. The lowest BCUT2D eigenvalue weighted by Gasteiger charge is -2.13. The van der Waals surface area contributed by atoms with Crippen LogP contribution < -0.4 is 0 Å². The van der Waals surface area contributed by atoms with Gasteiger partial charge in [-0.2, -0.15) is 0 Å². The average molecular weight is 387 g/mol. The molecule has 1 nitrogen and oxygen atoms in total. The van der Waals surface area contributed by atoms with Gasteiger partial charge in [-0.25, -0.2) is 0 Å². The molecule has 1 radical (unpaired) electrons. The standard InChI is InChI=1S/C27H48N/c1-5-7-9-11-13-15-17-19-25-21-26(23-27(22-25)24-28(3)4)20-18-16-14-12-10-8-6-2/h21-22H,5-20,24H2,1-4H3. The fourth-order valence-corrected chi connectivity index (χ4v) is 4.03. The zero-order valence-electron chi connectivity index (χ0n) is 19.6. The highest BCUT2D eigenvalue weighted by Gasteiger charge is 2.04. The lowest BCUT2D eigenvalue weighted by Crippen LogP contribution is -2.11. The van der Waals surface area contributed by atoms with Gasteiger partial charge in [-0.15, -0.1) is 0 Å². The second-order valence-corrected chi connectivity index (χ2v) is 9.02. The minimum absolute atomic E-state index is 1.01. The molecule has 0 fully saturated rings. The van der Waals surface area contributed by atoms with E-state index < -0.39 is 0 Å². The van der Waals surface area contributed by atoms with E-state index in [-0.39, 0.29) is 0 Å². The number of unbranched alkanes of at least 4 members (excludes halogenated alkanes) is 12. The summed E-state index contributed by atoms with van der Waals surface area (Å²) in [6.07, 6.45) is 21.9. The molecule has 0 heterocycles. The van der Waals surface area contributed by atoms with Crippen molar-refractivity contribution in [1.82, 2.24) is 4.90 Å². The normalized spacial score (nSPS) is 11.5. The predicted octanol–water partition coefficient (Wildman–Crippen LogP) is 8.13. The van der Waals surface area contributed by atoms with Crippen molar-refractivity contribution in [3.8, 4) is 0 Å². The molecule has 1 aromatic rings. The lowest BCUT2D eigenvalue weighted by molar-refractivity contribution is 0.402. The summed E-state index contributed by atoms with van der Waals surface area (Å²) in [5.41, 5.74) is 4.37. The third kappa shape index (κ3) is 13.4. The number of aryl methyl sites for hydroxylation is 2. The van der Waals surface area contributed by atoms with Gasteiger partial charge in [0.05, 0.1) is 0 Å². The Bertz CT molecular complexity index is 441. The molecule has 0 amide bonds. The van der Waals surface area contributed by atoms with Crippen molar-refractivity contribution in [2.45, 2.75) is 123 Å². The van der Waals surface area contributed by atoms with Crippen LogP contribution in [-0.2, 0) is 19.4 Å². The summed E-state index contributed by atoms with van der Waals surface area (Å²) in [6.45, 7) is 5.59. The van der Waals surface area contributed by atoms with Crippen LogP contribution >= 0.6 is 0 Å². The Balaban J connectivity index is 2.41. The molecule has 0 aliphatic rings. The molecule has 0 aromatic heterocycles. The van der Waals surface area contributed by atoms with Crippen LogP contribution in [0.1, 0.15) is 120 Å². The lowest BCUT2D eigenvalue weighted by atomic mass is 9.97. The first-order chi connectivity index (χ1) is 13.7. The van der Waals surface area contributed by atoms with Crippen LogP contribution in [0.2, 0.25) is 0 Å². The van der Waals surface area contributed by atoms with Crippen LogP contribution in [0, 0.1) is 6.07 Å². The minimum Gasteiger partial charge on any atom is -0.305 e. The van der Waals surface area contributed by atoms with Gasteiger partial charge in [-0.1, -0.05) is 103 Å². The second kappa shape index (κ2) is 17.1. The van der Waals surface area contributed by atoms with Gasteiger partial charge in [0.15, 0.2) is 0 Å². The van der Waals surface area contributed by atoms with E-state index in [1.165, 1.54) is 114 Å². The molecule has 0 N–H and O–H groups in total. The molecule has 0 saturated carbocycles. The maximum absolute atomic E-state index is 3.71. The molecular weight excluding hydrogens is 338 g/mol. The van der Waals surface area contributed by atoms with Gasteiger partial charge in [-0.05, 0) is 62.5 Å². The molecular formula is C27H48N. The van der Waals surface area contributed by atoms with Crippen molar-refractivity contribution in [1.29, 1.82) is 0 Å². The molecule has 1 rings (SSSR count). The Morgan fingerprint density at radius 1 is 0.607 bits per heavy atom. The van der Waals surface area contributed by atoms with Crippen molar-refractivity contribution >= 4 is 0 Å². The molecule has 0 unspecified atom stereocenters. The monoisotopic (exact) mass is 386 g/mol. The van der Waals surface area contributed by atoms with Crippen LogP contribution in [-0.4, -0.2) is 19.0 Å². The molecule has 28 heavy (non-hydrogen) atoms. The summed E-state index contributed by atoms with van der Waals surface area (Å²) in [5, 5.41) is 0. The van der Waals surface area contributed by atoms with E-state index in [4.69, 9.17) is 0 Å². The molecule has 0 aliphatic heterocycles. The molecule has 1 aromatic carbocycles. The van der Waals surface area contributed by atoms with E-state index in [1.807, 2.05) is 0 Å². The van der Waals surface area contributed by atoms with Crippen molar-refractivity contribution < 1.29 is 0 Å². The van der Waals surface area contributed by atoms with Crippen molar-refractivity contribution in [3.05, 3.63) is 34.9 Å². The highest BCUT2D eigenvalue weighted by atomic mass is 15.0. The number of nitrogens with zero attached hydrogens (tertiary/aromatic N) is 1. The summed E-state index contributed by atoms with van der Waals surface area (Å²) < 4.78 is 0. The zero-order valence-corrected chi connectivity index (χ0v) is 19.6. The maximum atomic E-state index is 3.71. The quantitative estimate of drug-likeness (QED) is 0.230. The second-order valence-electron chi connectivity index (χ2n) is 9.02. The highest BCUT2D eigenvalue weighted by molar-refractivity contribution is 5.29. The van der Waals surface area contributed by atoms with E-state index in [0.717, 1.165) is 6.54 Å². The Labute approximate surface area is 177 Å². The fraction of sp³-hybridized carbons (Fsp3) is 0.778. The Morgan fingerprint density at radius 3 is 1.61 bits per heavy atom. The summed E-state index contributed by atoms with van der Waals surface area (Å²) in [6, 6.07) is 8.57. The molecule has 0 aliphatic carbocycles. The first-order valence-corrected chi connectivity index (χ1v) is 12.3. The number of rotatable bonds is 18. The van der Waals surface area contributed by atoms with Crippen LogP contribution in [0.15, 0.2) is 12.1 Å². The Kier molecular flexibility index (Phi) is 15.4. The smallest absolute Gasteiger partial charge is 0.0234 e. The number of hydrogen-bond acceptors (Lipinski definition) is 1. The predicted molar refractivity (Wildman–Crippen MR) is 126 cm³/mol. The van der Waals surface area contributed by atoms with E-state index >= 15 is 0 Å². The van der Waals surface area contributed by atoms with Crippen LogP contribution in [0.5, 0.6) is 0 Å². The molecule has 1 heteroatoms. The van der Waals surface area contributed by atoms with Gasteiger partial charge in [0.1, 0.15) is 0 Å². The van der Waals surface area contributed by atoms with E-state index in [1.54, 1.807) is 5.56 Å². The van der Waals surface area contributed by atoms with Gasteiger partial charge in [-0.3, -0.25) is 0 Å². The first kappa shape index (κ1) is 25.2. The summed E-state index contributed by atoms with van der Waals surface area (Å²) in [7, 11) is 4.32. The summed E-state index contributed by atoms with van der Waals surface area (Å²) in [5.74, 6) is 0. The minimum atomic E-state index is 1.01. The SMILES string of the molecule is CCCCCCCCCc1[c]c(CN(C)C)cc(CCCCCCCCC)c1. The van der Waals surface area contributed by atoms with Gasteiger partial charge < -0.3 is 4.90 Å². The Hall–Kier alpha value is -0.820. The van der Waals surface area contributed by atoms with Crippen molar-refractivity contribution in [2.75, 3.05) is 14.1 Å². The average Bonchev–Trinajstić information content (AvgIpc) is 2.66. The van der Waals surface area contributed by atoms with Crippen molar-refractivity contribution in [2.24, 2.45) is 0 Å².